The van der Waals surface area contributed by atoms with Gasteiger partial charge in [-0.2, -0.15) is 0 Å². The molecule has 1 nitrogen and oxygen atoms in total. The van der Waals surface area contributed by atoms with Crippen LogP contribution in [0.15, 0.2) is 95.6 Å². The summed E-state index contributed by atoms with van der Waals surface area (Å²) in [5.41, 5.74) is 4.34. The number of allylic oxidation sites excluding steroid dienone is 6. The summed E-state index contributed by atoms with van der Waals surface area (Å²) in [6.45, 7) is 13.3. The predicted molar refractivity (Wildman–Crippen MR) is 149 cm³/mol. The van der Waals surface area contributed by atoms with Gasteiger partial charge in [0.15, 0.2) is 0 Å². The van der Waals surface area contributed by atoms with Crippen LogP contribution < -0.4 is 10.4 Å². The average molecular weight is 461 g/mol. The summed E-state index contributed by atoms with van der Waals surface area (Å²) in [6, 6.07) is 20.7. The van der Waals surface area contributed by atoms with Gasteiger partial charge >= 0.3 is 0 Å². The van der Waals surface area contributed by atoms with E-state index < -0.39 is 8.32 Å². The third kappa shape index (κ3) is 7.98. The van der Waals surface area contributed by atoms with E-state index in [2.05, 4.69) is 84.0 Å². The maximum Gasteiger partial charge on any atom is 0.258 e. The zero-order valence-corrected chi connectivity index (χ0v) is 22.7. The Morgan fingerprint density at radius 1 is 0.697 bits per heavy atom. The van der Waals surface area contributed by atoms with Gasteiger partial charge in [-0.05, 0) is 81.6 Å². The Bertz CT molecular complexity index is 892. The summed E-state index contributed by atoms with van der Waals surface area (Å²) in [7, 11) is -2.91. The molecule has 0 fully saturated rings. The van der Waals surface area contributed by atoms with E-state index in [1.165, 1.54) is 16.7 Å². The molecule has 0 heterocycles. The van der Waals surface area contributed by atoms with Gasteiger partial charge in [-0.25, -0.2) is 0 Å². The minimum atomic E-state index is -2.91. The number of rotatable bonds is 12. The van der Waals surface area contributed by atoms with Gasteiger partial charge in [-0.15, -0.1) is 0 Å². The van der Waals surface area contributed by atoms with E-state index in [-0.39, 0.29) is 5.04 Å². The Balaban J connectivity index is 2.03. The lowest BCUT2D eigenvalue weighted by Crippen LogP contribution is -2.65. The molecule has 0 aliphatic carbocycles. The topological polar surface area (TPSA) is 20.2 Å². The SMILES string of the molecule is CC(C)=CCC/C(C)=C/CC/C(C)=C/CCC(C)(C)[Si](O)(c1ccccc1)c1ccccc1. The molecule has 0 spiro atoms. The molecule has 0 aromatic heterocycles. The lowest BCUT2D eigenvalue weighted by atomic mass is 10.0. The maximum absolute atomic E-state index is 12.3. The van der Waals surface area contributed by atoms with Gasteiger partial charge in [0, 0.05) is 0 Å². The third-order valence-corrected chi connectivity index (χ3v) is 11.3. The molecular weight excluding hydrogens is 416 g/mol. The van der Waals surface area contributed by atoms with E-state index in [1.807, 2.05) is 36.4 Å². The molecule has 2 heteroatoms. The Labute approximate surface area is 204 Å². The molecule has 0 aliphatic rings. The fourth-order valence-electron chi connectivity index (χ4n) is 4.51. The van der Waals surface area contributed by atoms with Crippen molar-refractivity contribution < 1.29 is 4.80 Å². The highest BCUT2D eigenvalue weighted by Crippen LogP contribution is 2.40. The second-order valence-corrected chi connectivity index (χ2v) is 14.3. The minimum Gasteiger partial charge on any atom is -0.424 e. The van der Waals surface area contributed by atoms with Gasteiger partial charge in [-0.1, -0.05) is 109 Å². The molecule has 2 aromatic rings. The Kier molecular flexibility index (Phi) is 10.6. The molecule has 2 aromatic carbocycles. The largest absolute Gasteiger partial charge is 0.424 e. The smallest absolute Gasteiger partial charge is 0.258 e. The van der Waals surface area contributed by atoms with Gasteiger partial charge in [0.2, 0.25) is 0 Å². The Morgan fingerprint density at radius 3 is 1.58 bits per heavy atom. The van der Waals surface area contributed by atoms with Gasteiger partial charge in [0.05, 0.1) is 0 Å². The minimum absolute atomic E-state index is 0.187. The van der Waals surface area contributed by atoms with E-state index in [9.17, 15) is 4.80 Å². The van der Waals surface area contributed by atoms with Crippen LogP contribution in [0.5, 0.6) is 0 Å². The molecule has 0 bridgehead atoms. The van der Waals surface area contributed by atoms with Crippen molar-refractivity contribution in [2.75, 3.05) is 0 Å². The van der Waals surface area contributed by atoms with Crippen molar-refractivity contribution in [2.45, 2.75) is 85.1 Å². The summed E-state index contributed by atoms with van der Waals surface area (Å²) in [4.78, 5) is 12.3. The maximum atomic E-state index is 12.3. The van der Waals surface area contributed by atoms with Crippen LogP contribution >= 0.6 is 0 Å². The van der Waals surface area contributed by atoms with Crippen LogP contribution in [0.4, 0.5) is 0 Å². The van der Waals surface area contributed by atoms with Gasteiger partial charge in [0.1, 0.15) is 0 Å². The van der Waals surface area contributed by atoms with Crippen molar-refractivity contribution in [1.82, 2.24) is 0 Å². The standard InChI is InChI=1S/C31H44OSi/c1-26(2)16-13-17-27(3)18-14-19-28(4)20-15-25-31(5,6)33(32,29-21-9-7-10-22-29)30-23-11-8-12-24-30/h7-12,16,18,20-24,32H,13-15,17,19,25H2,1-6H3/b27-18+,28-20+. The molecule has 0 saturated carbocycles. The lowest BCUT2D eigenvalue weighted by molar-refractivity contribution is 0.468. The average Bonchev–Trinajstić information content (AvgIpc) is 2.79. The molecule has 33 heavy (non-hydrogen) atoms. The van der Waals surface area contributed by atoms with Crippen LogP contribution in [-0.4, -0.2) is 13.1 Å². The van der Waals surface area contributed by atoms with E-state index in [4.69, 9.17) is 0 Å². The lowest BCUT2D eigenvalue weighted by Gasteiger charge is -2.41. The van der Waals surface area contributed by atoms with Crippen LogP contribution in [-0.2, 0) is 0 Å². The summed E-state index contributed by atoms with van der Waals surface area (Å²) < 4.78 is 0. The molecule has 0 radical (unpaired) electrons. The summed E-state index contributed by atoms with van der Waals surface area (Å²) in [5, 5.41) is 2.00. The first-order chi connectivity index (χ1) is 15.7. The molecule has 178 valence electrons. The van der Waals surface area contributed by atoms with Crippen molar-refractivity contribution in [3.05, 3.63) is 95.6 Å². The fraction of sp³-hybridized carbons (Fsp3) is 0.419. The van der Waals surface area contributed by atoms with Crippen molar-refractivity contribution in [3.63, 3.8) is 0 Å². The normalized spacial score (nSPS) is 13.2. The van der Waals surface area contributed by atoms with Crippen molar-refractivity contribution in [1.29, 1.82) is 0 Å². The molecule has 0 saturated heterocycles. The van der Waals surface area contributed by atoms with Crippen LogP contribution in [0.3, 0.4) is 0 Å². The highest BCUT2D eigenvalue weighted by molar-refractivity contribution is 6.98. The molecule has 0 unspecified atom stereocenters. The highest BCUT2D eigenvalue weighted by Gasteiger charge is 2.49. The predicted octanol–water partition coefficient (Wildman–Crippen LogP) is 7.72. The first-order valence-corrected chi connectivity index (χ1v) is 14.4. The van der Waals surface area contributed by atoms with Gasteiger partial charge < -0.3 is 4.80 Å². The summed E-state index contributed by atoms with van der Waals surface area (Å²) in [5.74, 6) is 0. The van der Waals surface area contributed by atoms with Crippen LogP contribution in [0, 0.1) is 0 Å². The second-order valence-electron chi connectivity index (χ2n) is 10.3. The van der Waals surface area contributed by atoms with Gasteiger partial charge in [0.25, 0.3) is 8.32 Å². The monoisotopic (exact) mass is 460 g/mol. The molecule has 0 aliphatic heterocycles. The quantitative estimate of drug-likeness (QED) is 0.254. The van der Waals surface area contributed by atoms with Crippen molar-refractivity contribution in [3.8, 4) is 0 Å². The molecule has 0 atom stereocenters. The molecule has 1 N–H and O–H groups in total. The number of benzene rings is 2. The first-order valence-electron chi connectivity index (χ1n) is 12.4. The Morgan fingerprint density at radius 2 is 1.12 bits per heavy atom. The second kappa shape index (κ2) is 12.9. The molecular formula is C31H44OSi. The van der Waals surface area contributed by atoms with E-state index in [1.54, 1.807) is 0 Å². The Hall–Kier alpha value is -2.16. The zero-order chi connectivity index (χ0) is 24.3. The van der Waals surface area contributed by atoms with Gasteiger partial charge in [-0.3, -0.25) is 0 Å². The molecule has 0 amide bonds. The van der Waals surface area contributed by atoms with Crippen molar-refractivity contribution >= 4 is 18.7 Å². The van der Waals surface area contributed by atoms with E-state index in [0.717, 1.165) is 48.9 Å². The highest BCUT2D eigenvalue weighted by atomic mass is 28.4. The van der Waals surface area contributed by atoms with Crippen LogP contribution in [0.1, 0.15) is 80.1 Å². The summed E-state index contributed by atoms with van der Waals surface area (Å²) in [6.07, 6.45) is 13.6. The summed E-state index contributed by atoms with van der Waals surface area (Å²) >= 11 is 0. The third-order valence-electron chi connectivity index (χ3n) is 6.75. The van der Waals surface area contributed by atoms with Crippen molar-refractivity contribution in [2.24, 2.45) is 0 Å². The first kappa shape index (κ1) is 27.1. The van der Waals surface area contributed by atoms with Crippen LogP contribution in [0.2, 0.25) is 5.04 Å². The van der Waals surface area contributed by atoms with Crippen LogP contribution in [0.25, 0.3) is 0 Å². The van der Waals surface area contributed by atoms with E-state index >= 15 is 0 Å². The number of hydrogen-bond donors (Lipinski definition) is 1. The zero-order valence-electron chi connectivity index (χ0n) is 21.7. The number of hydrogen-bond acceptors (Lipinski definition) is 1. The molecule has 2 rings (SSSR count). The fourth-order valence-corrected chi connectivity index (χ4v) is 8.26. The van der Waals surface area contributed by atoms with E-state index in [0.29, 0.717) is 0 Å².